The van der Waals surface area contributed by atoms with E-state index in [9.17, 15) is 24.8 Å². The molecule has 214 valence electrons. The Morgan fingerprint density at radius 3 is 2.20 bits per heavy atom. The molecule has 0 saturated heterocycles. The molecule has 10 heteroatoms. The van der Waals surface area contributed by atoms with Gasteiger partial charge in [-0.05, 0) is 56.7 Å². The number of rotatable bonds is 10. The number of hydrogen-bond acceptors (Lipinski definition) is 7. The molecule has 0 aliphatic heterocycles. The summed E-state index contributed by atoms with van der Waals surface area (Å²) < 4.78 is 10.6. The normalized spacial score (nSPS) is 12.3. The zero-order valence-corrected chi connectivity index (χ0v) is 23.5. The molecule has 3 aromatic carbocycles. The third-order valence-electron chi connectivity index (χ3n) is 5.94. The van der Waals surface area contributed by atoms with Crippen LogP contribution in [-0.2, 0) is 20.7 Å². The summed E-state index contributed by atoms with van der Waals surface area (Å²) >= 11 is 0. The number of methoxy groups -OCH3 is 1. The van der Waals surface area contributed by atoms with Crippen LogP contribution in [0.1, 0.15) is 37.9 Å². The van der Waals surface area contributed by atoms with Crippen molar-refractivity contribution in [2.75, 3.05) is 19.0 Å². The van der Waals surface area contributed by atoms with Gasteiger partial charge in [-0.2, -0.15) is 5.26 Å². The monoisotopic (exact) mass is 558 g/mol. The van der Waals surface area contributed by atoms with Crippen LogP contribution in [0, 0.1) is 11.3 Å². The van der Waals surface area contributed by atoms with Crippen molar-refractivity contribution in [3.05, 3.63) is 90.0 Å². The highest BCUT2D eigenvalue weighted by molar-refractivity contribution is 5.99. The van der Waals surface area contributed by atoms with E-state index in [-0.39, 0.29) is 17.7 Å². The number of para-hydroxylation sites is 1. The summed E-state index contributed by atoms with van der Waals surface area (Å²) in [4.78, 5) is 41.7. The van der Waals surface area contributed by atoms with Crippen molar-refractivity contribution in [1.29, 1.82) is 5.26 Å². The van der Waals surface area contributed by atoms with Gasteiger partial charge in [-0.1, -0.05) is 48.5 Å². The molecule has 3 rings (SSSR count). The van der Waals surface area contributed by atoms with E-state index in [1.165, 1.54) is 19.2 Å². The highest BCUT2D eigenvalue weighted by Gasteiger charge is 2.37. The van der Waals surface area contributed by atoms with Crippen molar-refractivity contribution in [2.24, 2.45) is 0 Å². The standard InChI is InChI=1S/C31H34N4O6/c1-31(2,3)41-30(39)34-25(20-21-10-6-5-7-11-21)29(38)35(19-18-32)27(24-12-8-9-13-26(24)36)28(37)33-22-14-16-23(40-4)17-15-22/h5-17,25,27,36H,19-20H2,1-4H3,(H,33,37)(H,34,39). The number of ether oxygens (including phenoxy) is 2. The van der Waals surface area contributed by atoms with E-state index in [1.54, 1.807) is 81.4 Å². The summed E-state index contributed by atoms with van der Waals surface area (Å²) in [6.45, 7) is 4.58. The molecule has 0 aliphatic carbocycles. The van der Waals surface area contributed by atoms with Crippen molar-refractivity contribution < 1.29 is 29.0 Å². The molecule has 0 spiro atoms. The maximum absolute atomic E-state index is 14.1. The van der Waals surface area contributed by atoms with Gasteiger partial charge < -0.3 is 30.1 Å². The molecule has 0 saturated carbocycles. The highest BCUT2D eigenvalue weighted by Crippen LogP contribution is 2.31. The van der Waals surface area contributed by atoms with Crippen LogP contribution in [0.15, 0.2) is 78.9 Å². The van der Waals surface area contributed by atoms with Crippen molar-refractivity contribution in [2.45, 2.75) is 44.9 Å². The third-order valence-corrected chi connectivity index (χ3v) is 5.94. The van der Waals surface area contributed by atoms with E-state index < -0.39 is 42.1 Å². The fourth-order valence-electron chi connectivity index (χ4n) is 4.13. The fraction of sp³-hybridized carbons (Fsp3) is 0.290. The Morgan fingerprint density at radius 2 is 1.61 bits per heavy atom. The number of nitrogens with one attached hydrogen (secondary N) is 2. The van der Waals surface area contributed by atoms with Crippen LogP contribution in [0.2, 0.25) is 0 Å². The number of phenolic OH excluding ortho intramolecular Hbond substituents is 1. The lowest BCUT2D eigenvalue weighted by atomic mass is 9.99. The molecular formula is C31H34N4O6. The Morgan fingerprint density at radius 1 is 0.976 bits per heavy atom. The van der Waals surface area contributed by atoms with Gasteiger partial charge in [-0.3, -0.25) is 9.59 Å². The number of nitrogens with zero attached hydrogens (tertiary/aromatic N) is 2. The number of anilines is 1. The van der Waals surface area contributed by atoms with E-state index in [2.05, 4.69) is 10.6 Å². The first-order chi connectivity index (χ1) is 19.5. The lowest BCUT2D eigenvalue weighted by molar-refractivity contribution is -0.140. The van der Waals surface area contributed by atoms with Gasteiger partial charge >= 0.3 is 6.09 Å². The van der Waals surface area contributed by atoms with Crippen molar-refractivity contribution >= 4 is 23.6 Å². The van der Waals surface area contributed by atoms with E-state index in [4.69, 9.17) is 9.47 Å². The van der Waals surface area contributed by atoms with Gasteiger partial charge in [0.05, 0.1) is 13.2 Å². The topological polar surface area (TPSA) is 141 Å². The number of nitriles is 1. The number of aromatic hydroxyl groups is 1. The first-order valence-corrected chi connectivity index (χ1v) is 13.0. The second kappa shape index (κ2) is 13.8. The molecule has 0 fully saturated rings. The highest BCUT2D eigenvalue weighted by atomic mass is 16.6. The van der Waals surface area contributed by atoms with Gasteiger partial charge in [0.2, 0.25) is 5.91 Å². The van der Waals surface area contributed by atoms with E-state index in [1.807, 2.05) is 12.1 Å². The molecule has 3 amide bonds. The van der Waals surface area contributed by atoms with Crippen LogP contribution in [0.5, 0.6) is 11.5 Å². The van der Waals surface area contributed by atoms with Gasteiger partial charge in [0.1, 0.15) is 35.7 Å². The summed E-state index contributed by atoms with van der Waals surface area (Å²) in [7, 11) is 1.52. The first-order valence-electron chi connectivity index (χ1n) is 13.0. The van der Waals surface area contributed by atoms with Gasteiger partial charge in [-0.15, -0.1) is 0 Å². The molecule has 0 radical (unpaired) electrons. The van der Waals surface area contributed by atoms with Crippen molar-refractivity contribution in [3.8, 4) is 17.6 Å². The molecule has 0 heterocycles. The number of hydrogen-bond donors (Lipinski definition) is 3. The lowest BCUT2D eigenvalue weighted by Gasteiger charge is -2.33. The Bertz CT molecular complexity index is 1380. The largest absolute Gasteiger partial charge is 0.508 e. The maximum Gasteiger partial charge on any atom is 0.408 e. The average Bonchev–Trinajstić information content (AvgIpc) is 2.93. The molecule has 0 bridgehead atoms. The molecular weight excluding hydrogens is 524 g/mol. The van der Waals surface area contributed by atoms with Crippen LogP contribution >= 0.6 is 0 Å². The van der Waals surface area contributed by atoms with Crippen LogP contribution in [0.25, 0.3) is 0 Å². The third kappa shape index (κ3) is 8.73. The Labute approximate surface area is 239 Å². The average molecular weight is 559 g/mol. The summed E-state index contributed by atoms with van der Waals surface area (Å²) in [5.41, 5.74) is 0.430. The smallest absolute Gasteiger partial charge is 0.408 e. The number of amides is 3. The number of benzene rings is 3. The number of carbonyl (C=O) groups excluding carboxylic acids is 3. The minimum absolute atomic E-state index is 0.0639. The minimum atomic E-state index is -1.41. The number of phenols is 1. The van der Waals surface area contributed by atoms with Crippen molar-refractivity contribution in [1.82, 2.24) is 10.2 Å². The molecule has 2 unspecified atom stereocenters. The second-order valence-corrected chi connectivity index (χ2v) is 10.2. The number of alkyl carbamates (subject to hydrolysis) is 1. The van der Waals surface area contributed by atoms with E-state index in [0.717, 1.165) is 10.5 Å². The van der Waals surface area contributed by atoms with E-state index in [0.29, 0.717) is 11.4 Å². The molecule has 0 aromatic heterocycles. The second-order valence-electron chi connectivity index (χ2n) is 10.2. The van der Waals surface area contributed by atoms with Gasteiger partial charge in [0.25, 0.3) is 5.91 Å². The summed E-state index contributed by atoms with van der Waals surface area (Å²) in [5.74, 6) is -1.04. The molecule has 0 aliphatic rings. The summed E-state index contributed by atoms with van der Waals surface area (Å²) in [5, 5.41) is 25.8. The summed E-state index contributed by atoms with van der Waals surface area (Å²) in [6.07, 6.45) is -0.764. The fourth-order valence-corrected chi connectivity index (χ4v) is 4.13. The summed E-state index contributed by atoms with van der Waals surface area (Å²) in [6, 6.07) is 21.0. The molecule has 3 aromatic rings. The van der Waals surface area contributed by atoms with Gasteiger partial charge in [0.15, 0.2) is 0 Å². The van der Waals surface area contributed by atoms with Crippen LogP contribution in [0.4, 0.5) is 10.5 Å². The zero-order valence-electron chi connectivity index (χ0n) is 23.5. The van der Waals surface area contributed by atoms with Gasteiger partial charge in [-0.25, -0.2) is 4.79 Å². The number of carbonyl (C=O) groups is 3. The molecule has 10 nitrogen and oxygen atoms in total. The minimum Gasteiger partial charge on any atom is -0.508 e. The maximum atomic E-state index is 14.1. The van der Waals surface area contributed by atoms with E-state index >= 15 is 0 Å². The molecule has 2 atom stereocenters. The molecule has 3 N–H and O–H groups in total. The van der Waals surface area contributed by atoms with Crippen LogP contribution < -0.4 is 15.4 Å². The van der Waals surface area contributed by atoms with Crippen molar-refractivity contribution in [3.63, 3.8) is 0 Å². The predicted molar refractivity (Wildman–Crippen MR) is 153 cm³/mol. The Hall–Kier alpha value is -5.04. The lowest BCUT2D eigenvalue weighted by Crippen LogP contribution is -2.53. The SMILES string of the molecule is COc1ccc(NC(=O)C(c2ccccc2O)N(CC#N)C(=O)C(Cc2ccccc2)NC(=O)OC(C)(C)C)cc1. The first kappa shape index (κ1) is 30.5. The Balaban J connectivity index is 2.03. The molecule has 41 heavy (non-hydrogen) atoms. The predicted octanol–water partition coefficient (Wildman–Crippen LogP) is 4.57. The quantitative estimate of drug-likeness (QED) is 0.310. The Kier molecular flexibility index (Phi) is 10.3. The van der Waals surface area contributed by atoms with Crippen LogP contribution in [0.3, 0.4) is 0 Å². The zero-order chi connectivity index (χ0) is 30.0. The van der Waals surface area contributed by atoms with Gasteiger partial charge in [0, 0.05) is 17.7 Å². The van der Waals surface area contributed by atoms with Crippen LogP contribution in [-0.4, -0.2) is 53.2 Å².